The van der Waals surface area contributed by atoms with Gasteiger partial charge >= 0.3 is 5.97 Å². The van der Waals surface area contributed by atoms with Crippen LogP contribution < -0.4 is 0 Å². The van der Waals surface area contributed by atoms with Gasteiger partial charge in [0.05, 0.1) is 10.5 Å². The number of benzene rings is 1. The molecule has 3 rings (SSSR count). The number of nitrogens with zero attached hydrogens (tertiary/aromatic N) is 2. The van der Waals surface area contributed by atoms with Crippen molar-refractivity contribution in [1.82, 2.24) is 8.87 Å². The van der Waals surface area contributed by atoms with Gasteiger partial charge in [0.25, 0.3) is 0 Å². The standard InChI is InChI=1S/C25H34N2O5S/c1-6-11-27-19(4)13-23(20(27)5)24(28)16-32-25(29)21-7-9-22(10-8-21)33(30,31)26-14-17(2)12-18(3)15-26/h7-10,13,17-18H,6,11-12,14-16H2,1-5H3. The van der Waals surface area contributed by atoms with E-state index >= 15 is 0 Å². The van der Waals surface area contributed by atoms with Crippen LogP contribution in [-0.2, 0) is 21.3 Å². The Morgan fingerprint density at radius 3 is 2.24 bits per heavy atom. The largest absolute Gasteiger partial charge is 0.454 e. The van der Waals surface area contributed by atoms with E-state index in [-0.39, 0.29) is 22.8 Å². The third-order valence-electron chi connectivity index (χ3n) is 6.22. The summed E-state index contributed by atoms with van der Waals surface area (Å²) < 4.78 is 34.8. The lowest BCUT2D eigenvalue weighted by molar-refractivity contribution is 0.0474. The van der Waals surface area contributed by atoms with Crippen molar-refractivity contribution >= 4 is 21.8 Å². The highest BCUT2D eigenvalue weighted by Gasteiger charge is 2.31. The normalized spacial score (nSPS) is 19.4. The van der Waals surface area contributed by atoms with Crippen LogP contribution in [0.25, 0.3) is 0 Å². The molecule has 1 aromatic carbocycles. The van der Waals surface area contributed by atoms with Crippen molar-refractivity contribution in [2.75, 3.05) is 19.7 Å². The summed E-state index contributed by atoms with van der Waals surface area (Å²) in [7, 11) is -3.62. The number of esters is 1. The number of ketones is 1. The smallest absolute Gasteiger partial charge is 0.338 e. The summed E-state index contributed by atoms with van der Waals surface area (Å²) in [5.41, 5.74) is 2.63. The third kappa shape index (κ3) is 5.55. The number of carbonyl (C=O) groups excluding carboxylic acids is 2. The van der Waals surface area contributed by atoms with Crippen LogP contribution in [0.5, 0.6) is 0 Å². The summed E-state index contributed by atoms with van der Waals surface area (Å²) in [5, 5.41) is 0. The monoisotopic (exact) mass is 474 g/mol. The van der Waals surface area contributed by atoms with Crippen molar-refractivity contribution in [1.29, 1.82) is 0 Å². The van der Waals surface area contributed by atoms with Crippen molar-refractivity contribution in [3.8, 4) is 0 Å². The van der Waals surface area contributed by atoms with E-state index in [0.717, 1.165) is 30.8 Å². The average Bonchev–Trinajstić information content (AvgIpc) is 3.05. The van der Waals surface area contributed by atoms with E-state index in [9.17, 15) is 18.0 Å². The van der Waals surface area contributed by atoms with Gasteiger partial charge in [0.15, 0.2) is 6.61 Å². The molecule has 0 saturated carbocycles. The highest BCUT2D eigenvalue weighted by molar-refractivity contribution is 7.89. The molecule has 0 N–H and O–H groups in total. The predicted molar refractivity (Wildman–Crippen MR) is 127 cm³/mol. The van der Waals surface area contributed by atoms with Gasteiger partial charge in [-0.15, -0.1) is 0 Å². The summed E-state index contributed by atoms with van der Waals surface area (Å²) in [4.78, 5) is 25.2. The van der Waals surface area contributed by atoms with Gasteiger partial charge < -0.3 is 9.30 Å². The maximum atomic E-state index is 13.0. The number of aromatic nitrogens is 1. The SMILES string of the molecule is CCCn1c(C)cc(C(=O)COC(=O)c2ccc(S(=O)(=O)N3CC(C)CC(C)C3)cc2)c1C. The third-order valence-corrected chi connectivity index (χ3v) is 8.06. The van der Waals surface area contributed by atoms with Crippen LogP contribution in [0, 0.1) is 25.7 Å². The summed E-state index contributed by atoms with van der Waals surface area (Å²) in [6.45, 7) is 11.5. The quantitative estimate of drug-likeness (QED) is 0.422. The molecule has 0 radical (unpaired) electrons. The molecular weight excluding hydrogens is 440 g/mol. The molecule has 8 heteroatoms. The molecule has 1 saturated heterocycles. The lowest BCUT2D eigenvalue weighted by Gasteiger charge is -2.34. The Balaban J connectivity index is 1.65. The first-order valence-electron chi connectivity index (χ1n) is 11.5. The van der Waals surface area contributed by atoms with Gasteiger partial charge in [-0.3, -0.25) is 4.79 Å². The highest BCUT2D eigenvalue weighted by atomic mass is 32.2. The van der Waals surface area contributed by atoms with Gasteiger partial charge in [-0.05, 0) is 68.9 Å². The summed E-state index contributed by atoms with van der Waals surface area (Å²) in [5.74, 6) is -0.301. The molecule has 0 bridgehead atoms. The van der Waals surface area contributed by atoms with E-state index in [0.29, 0.717) is 30.5 Å². The second-order valence-electron chi connectivity index (χ2n) is 9.23. The minimum atomic E-state index is -3.62. The van der Waals surface area contributed by atoms with Crippen LogP contribution in [0.15, 0.2) is 35.2 Å². The van der Waals surface area contributed by atoms with Crippen LogP contribution >= 0.6 is 0 Å². The molecule has 0 spiro atoms. The molecule has 1 fully saturated rings. The number of hydrogen-bond donors (Lipinski definition) is 0. The lowest BCUT2D eigenvalue weighted by Crippen LogP contribution is -2.42. The fourth-order valence-electron chi connectivity index (χ4n) is 4.66. The van der Waals surface area contributed by atoms with Crippen molar-refractivity contribution in [3.05, 3.63) is 52.8 Å². The minimum absolute atomic E-state index is 0.153. The number of hydrogen-bond acceptors (Lipinski definition) is 5. The number of rotatable bonds is 8. The highest BCUT2D eigenvalue weighted by Crippen LogP contribution is 2.27. The molecule has 2 aromatic rings. The maximum absolute atomic E-state index is 13.0. The maximum Gasteiger partial charge on any atom is 0.338 e. The Labute approximate surface area is 196 Å². The lowest BCUT2D eigenvalue weighted by atomic mass is 9.94. The molecule has 180 valence electrons. The number of ether oxygens (including phenoxy) is 1. The zero-order chi connectivity index (χ0) is 24.3. The molecule has 1 aliphatic rings. The van der Waals surface area contributed by atoms with Crippen LogP contribution in [0.2, 0.25) is 0 Å². The zero-order valence-electron chi connectivity index (χ0n) is 20.1. The second kappa shape index (κ2) is 10.2. The van der Waals surface area contributed by atoms with E-state index in [2.05, 4.69) is 25.3 Å². The number of Topliss-reactive ketones (excluding diaryl/α,β-unsaturated/α-hetero) is 1. The van der Waals surface area contributed by atoms with E-state index in [1.807, 2.05) is 19.9 Å². The van der Waals surface area contributed by atoms with E-state index < -0.39 is 16.0 Å². The van der Waals surface area contributed by atoms with Gasteiger partial charge in [0.1, 0.15) is 0 Å². The Morgan fingerprint density at radius 2 is 1.67 bits per heavy atom. The summed E-state index contributed by atoms with van der Waals surface area (Å²) in [6, 6.07) is 7.54. The first-order valence-corrected chi connectivity index (χ1v) is 13.0. The fourth-order valence-corrected chi connectivity index (χ4v) is 6.34. The van der Waals surface area contributed by atoms with E-state index in [1.54, 1.807) is 0 Å². The van der Waals surface area contributed by atoms with Gasteiger partial charge in [0, 0.05) is 36.6 Å². The van der Waals surface area contributed by atoms with Crippen LogP contribution in [0.1, 0.15) is 65.7 Å². The molecule has 2 unspecified atom stereocenters. The van der Waals surface area contributed by atoms with Gasteiger partial charge in [-0.1, -0.05) is 20.8 Å². The second-order valence-corrected chi connectivity index (χ2v) is 11.2. The van der Waals surface area contributed by atoms with Crippen LogP contribution in [0.4, 0.5) is 0 Å². The first-order chi connectivity index (χ1) is 15.5. The topological polar surface area (TPSA) is 85.7 Å². The molecule has 1 aliphatic heterocycles. The number of sulfonamides is 1. The van der Waals surface area contributed by atoms with Crippen molar-refractivity contribution < 1.29 is 22.7 Å². The molecule has 2 heterocycles. The van der Waals surface area contributed by atoms with E-state index in [4.69, 9.17) is 4.74 Å². The van der Waals surface area contributed by atoms with Crippen molar-refractivity contribution in [2.24, 2.45) is 11.8 Å². The number of carbonyl (C=O) groups is 2. The zero-order valence-corrected chi connectivity index (χ0v) is 20.9. The van der Waals surface area contributed by atoms with Gasteiger partial charge in [0.2, 0.25) is 15.8 Å². The Morgan fingerprint density at radius 1 is 1.06 bits per heavy atom. The van der Waals surface area contributed by atoms with Gasteiger partial charge in [-0.2, -0.15) is 4.31 Å². The fraction of sp³-hybridized carbons (Fsp3) is 0.520. The van der Waals surface area contributed by atoms with Crippen LogP contribution in [-0.4, -0.2) is 48.7 Å². The first kappa shape index (κ1) is 25.2. The van der Waals surface area contributed by atoms with Crippen LogP contribution in [0.3, 0.4) is 0 Å². The number of piperidine rings is 1. The molecule has 7 nitrogen and oxygen atoms in total. The molecule has 0 aliphatic carbocycles. The molecule has 0 amide bonds. The van der Waals surface area contributed by atoms with Gasteiger partial charge in [-0.25, -0.2) is 13.2 Å². The summed E-state index contributed by atoms with van der Waals surface area (Å²) >= 11 is 0. The summed E-state index contributed by atoms with van der Waals surface area (Å²) in [6.07, 6.45) is 1.97. The van der Waals surface area contributed by atoms with E-state index in [1.165, 1.54) is 28.6 Å². The Kier molecular flexibility index (Phi) is 7.80. The Hall–Kier alpha value is -2.45. The Bertz CT molecular complexity index is 1110. The van der Waals surface area contributed by atoms with Crippen molar-refractivity contribution in [2.45, 2.75) is 58.9 Å². The molecule has 1 aromatic heterocycles. The predicted octanol–water partition coefficient (Wildman–Crippen LogP) is 4.22. The number of aryl methyl sites for hydroxylation is 1. The average molecular weight is 475 g/mol. The van der Waals surface area contributed by atoms with Crippen molar-refractivity contribution in [3.63, 3.8) is 0 Å². The molecule has 2 atom stereocenters. The molecular formula is C25H34N2O5S. The minimum Gasteiger partial charge on any atom is -0.454 e. The molecule has 33 heavy (non-hydrogen) atoms.